The van der Waals surface area contributed by atoms with E-state index in [0.717, 1.165) is 17.5 Å². The van der Waals surface area contributed by atoms with Gasteiger partial charge in [0.1, 0.15) is 17.8 Å². The van der Waals surface area contributed by atoms with Crippen molar-refractivity contribution in [2.75, 3.05) is 0 Å². The van der Waals surface area contributed by atoms with Crippen molar-refractivity contribution in [3.05, 3.63) is 71.8 Å². The quantitative estimate of drug-likeness (QED) is 0.314. The molecule has 5 rings (SSSR count). The molecule has 39 heavy (non-hydrogen) atoms. The normalized spacial score (nSPS) is 11.7. The molecule has 4 heterocycles. The zero-order chi connectivity index (χ0) is 27.2. The van der Waals surface area contributed by atoms with Crippen LogP contribution < -0.4 is 5.32 Å². The van der Waals surface area contributed by atoms with Crippen molar-refractivity contribution in [2.24, 2.45) is 7.05 Å². The Morgan fingerprint density at radius 1 is 1.13 bits per heavy atom. The minimum Gasteiger partial charge on any atom is -0.345 e. The van der Waals surface area contributed by atoms with Crippen LogP contribution in [0.15, 0.2) is 48.0 Å². The molecule has 0 saturated heterocycles. The summed E-state index contributed by atoms with van der Waals surface area (Å²) in [6.45, 7) is 5.15. The number of aromatic nitrogens is 7. The Bertz CT molecular complexity index is 1640. The molecule has 1 N–H and O–H groups in total. The Morgan fingerprint density at radius 3 is 2.51 bits per heavy atom. The fourth-order valence-electron chi connectivity index (χ4n) is 4.30. The summed E-state index contributed by atoms with van der Waals surface area (Å²) in [5.41, 5.74) is 0.989. The van der Waals surface area contributed by atoms with Crippen molar-refractivity contribution in [1.29, 1.82) is 0 Å². The highest BCUT2D eigenvalue weighted by Crippen LogP contribution is 2.41. The first-order valence-corrected chi connectivity index (χ1v) is 11.6. The molecule has 5 aromatic rings. The number of fused-ring (bicyclic) bond motifs is 1. The van der Waals surface area contributed by atoms with Gasteiger partial charge in [-0.2, -0.15) is 15.2 Å². The lowest BCUT2D eigenvalue weighted by Gasteiger charge is -2.26. The van der Waals surface area contributed by atoms with Gasteiger partial charge in [-0.1, -0.05) is 32.0 Å². The van der Waals surface area contributed by atoms with E-state index in [1.165, 1.54) is 16.9 Å². The summed E-state index contributed by atoms with van der Waals surface area (Å²) >= 11 is 0. The number of hydrogen-bond acceptors (Lipinski definition) is 7. The molecule has 204 valence electrons. The Balaban J connectivity index is 0.00000353. The topological polar surface area (TPSA) is 116 Å². The maximum Gasteiger partial charge on any atom is 0.292 e. The predicted octanol–water partition coefficient (Wildman–Crippen LogP) is 4.91. The first-order chi connectivity index (χ1) is 18.0. The highest BCUT2D eigenvalue weighted by Gasteiger charge is 2.31. The van der Waals surface area contributed by atoms with Gasteiger partial charge in [0.05, 0.1) is 17.3 Å². The Hall–Kier alpha value is -4.26. The molecule has 0 radical (unpaired) electrons. The summed E-state index contributed by atoms with van der Waals surface area (Å²) in [5, 5.41) is 14.3. The molecule has 0 spiro atoms. The third-order valence-electron chi connectivity index (χ3n) is 6.10. The molecule has 0 aliphatic carbocycles. The second kappa shape index (κ2) is 10.5. The van der Waals surface area contributed by atoms with Gasteiger partial charge < -0.3 is 9.84 Å². The predicted molar refractivity (Wildman–Crippen MR) is 137 cm³/mol. The van der Waals surface area contributed by atoms with Crippen LogP contribution in [0.5, 0.6) is 0 Å². The van der Waals surface area contributed by atoms with E-state index in [-0.39, 0.29) is 41.6 Å². The largest absolute Gasteiger partial charge is 0.345 e. The van der Waals surface area contributed by atoms with Crippen LogP contribution in [0.2, 0.25) is 0 Å². The maximum absolute atomic E-state index is 16.2. The van der Waals surface area contributed by atoms with Gasteiger partial charge in [-0.25, -0.2) is 22.7 Å². The van der Waals surface area contributed by atoms with Crippen LogP contribution in [0.4, 0.5) is 13.2 Å². The van der Waals surface area contributed by atoms with E-state index >= 15 is 4.39 Å². The summed E-state index contributed by atoms with van der Waals surface area (Å²) in [6, 6.07) is 3.25. The number of hydrogen-bond donors (Lipinski definition) is 1. The van der Waals surface area contributed by atoms with Crippen LogP contribution in [0.25, 0.3) is 27.9 Å². The molecule has 0 aliphatic rings. The molecule has 1 amide bonds. The standard InChI is InChI=1S/C25H23F3N8O2.ClH/c1-25(2,3)16-5-13(7-29-24(37)23-31-12-38-34-23)18(22(27)28)20(26)19(16)21-17-6-14(10-36(17)33-11-30-21)15-8-32-35(4)9-15;/h5-6,8-12,22H,7H2,1-4H3,(H,29,37);1H. The summed E-state index contributed by atoms with van der Waals surface area (Å²) in [7, 11) is 1.79. The minimum absolute atomic E-state index is 0. The van der Waals surface area contributed by atoms with Gasteiger partial charge in [-0.15, -0.1) is 12.4 Å². The third-order valence-corrected chi connectivity index (χ3v) is 6.10. The van der Waals surface area contributed by atoms with Gasteiger partial charge >= 0.3 is 0 Å². The van der Waals surface area contributed by atoms with Crippen LogP contribution in [0, 0.1) is 5.82 Å². The molecule has 0 atom stereocenters. The van der Waals surface area contributed by atoms with Crippen molar-refractivity contribution in [3.63, 3.8) is 0 Å². The monoisotopic (exact) mass is 560 g/mol. The zero-order valence-electron chi connectivity index (χ0n) is 21.3. The highest BCUT2D eigenvalue weighted by molar-refractivity contribution is 5.90. The lowest BCUT2D eigenvalue weighted by Crippen LogP contribution is -2.26. The van der Waals surface area contributed by atoms with E-state index < -0.39 is 29.1 Å². The van der Waals surface area contributed by atoms with Crippen LogP contribution in [-0.4, -0.2) is 40.4 Å². The zero-order valence-corrected chi connectivity index (χ0v) is 22.1. The number of halogens is 4. The summed E-state index contributed by atoms with van der Waals surface area (Å²) in [5.74, 6) is -2.12. The van der Waals surface area contributed by atoms with Crippen molar-refractivity contribution in [2.45, 2.75) is 39.2 Å². The van der Waals surface area contributed by atoms with Gasteiger partial charge in [0.15, 0.2) is 0 Å². The van der Waals surface area contributed by atoms with Gasteiger partial charge in [0.2, 0.25) is 6.39 Å². The number of amides is 1. The Kier molecular flexibility index (Phi) is 7.46. The van der Waals surface area contributed by atoms with Crippen LogP contribution in [0.3, 0.4) is 0 Å². The molecule has 0 aliphatic heterocycles. The molecular formula is C25H24ClF3N8O2. The molecule has 10 nitrogen and oxygen atoms in total. The summed E-state index contributed by atoms with van der Waals surface area (Å²) in [4.78, 5) is 20.2. The van der Waals surface area contributed by atoms with Crippen LogP contribution >= 0.6 is 12.4 Å². The van der Waals surface area contributed by atoms with Crippen molar-refractivity contribution >= 4 is 23.8 Å². The molecule has 4 aromatic heterocycles. The van der Waals surface area contributed by atoms with E-state index in [2.05, 4.69) is 35.2 Å². The number of rotatable bonds is 6. The third kappa shape index (κ3) is 5.21. The molecule has 0 unspecified atom stereocenters. The summed E-state index contributed by atoms with van der Waals surface area (Å²) < 4.78 is 52.5. The van der Waals surface area contributed by atoms with Gasteiger partial charge in [-0.3, -0.25) is 9.48 Å². The Morgan fingerprint density at radius 2 is 1.90 bits per heavy atom. The molecule has 0 bridgehead atoms. The summed E-state index contributed by atoms with van der Waals surface area (Å²) in [6.07, 6.45) is 4.29. The molecule has 0 fully saturated rings. The lowest BCUT2D eigenvalue weighted by molar-refractivity contribution is 0.0935. The Labute approximate surface area is 226 Å². The number of nitrogens with zero attached hydrogens (tertiary/aromatic N) is 7. The van der Waals surface area contributed by atoms with Crippen molar-refractivity contribution in [3.8, 4) is 22.4 Å². The molecule has 1 aromatic carbocycles. The number of alkyl halides is 2. The van der Waals surface area contributed by atoms with E-state index in [1.807, 2.05) is 27.0 Å². The number of nitrogens with one attached hydrogen (secondary N) is 1. The maximum atomic E-state index is 16.2. The van der Waals surface area contributed by atoms with Gasteiger partial charge in [-0.05, 0) is 22.6 Å². The van der Waals surface area contributed by atoms with Gasteiger partial charge in [0, 0.05) is 42.7 Å². The van der Waals surface area contributed by atoms with E-state index in [4.69, 9.17) is 0 Å². The first kappa shape index (κ1) is 27.8. The smallest absolute Gasteiger partial charge is 0.292 e. The number of carbonyl (C=O) groups is 1. The minimum atomic E-state index is -3.16. The number of benzene rings is 1. The fraction of sp³-hybridized carbons (Fsp3) is 0.280. The SMILES string of the molecule is Cl.Cn1cc(-c2cc3c(-c4c(C(C)(C)C)cc(CNC(=O)c5ncon5)c(C(F)F)c4F)ncnn3c2)cn1. The second-order valence-electron chi connectivity index (χ2n) is 9.74. The van der Waals surface area contributed by atoms with Crippen molar-refractivity contribution < 1.29 is 22.5 Å². The fourth-order valence-corrected chi connectivity index (χ4v) is 4.30. The molecule has 0 saturated carbocycles. The number of aryl methyl sites for hydroxylation is 1. The number of carbonyl (C=O) groups excluding carboxylic acids is 1. The average Bonchev–Trinajstić information content (AvgIpc) is 3.61. The highest BCUT2D eigenvalue weighted by atomic mass is 35.5. The van der Waals surface area contributed by atoms with Crippen LogP contribution in [-0.2, 0) is 19.0 Å². The molecular weight excluding hydrogens is 537 g/mol. The van der Waals surface area contributed by atoms with E-state index in [1.54, 1.807) is 30.2 Å². The first-order valence-electron chi connectivity index (χ1n) is 11.6. The lowest BCUT2D eigenvalue weighted by atomic mass is 9.80. The van der Waals surface area contributed by atoms with E-state index in [0.29, 0.717) is 11.1 Å². The molecule has 14 heteroatoms. The van der Waals surface area contributed by atoms with E-state index in [9.17, 15) is 13.6 Å². The second-order valence-corrected chi connectivity index (χ2v) is 9.74. The van der Waals surface area contributed by atoms with Crippen LogP contribution in [0.1, 0.15) is 54.5 Å². The van der Waals surface area contributed by atoms with Gasteiger partial charge in [0.25, 0.3) is 18.2 Å². The van der Waals surface area contributed by atoms with Crippen molar-refractivity contribution in [1.82, 2.24) is 39.8 Å². The average molecular weight is 561 g/mol.